The topological polar surface area (TPSA) is 118 Å². The van der Waals surface area contributed by atoms with E-state index in [9.17, 15) is 9.59 Å². The second-order valence-electron chi connectivity index (χ2n) is 4.89. The summed E-state index contributed by atoms with van der Waals surface area (Å²) in [6.45, 7) is 5.09. The SMILES string of the molecule is CC(C)(C)C(NC(=O)O)(C(N)=O)c1cnccn1. The van der Waals surface area contributed by atoms with E-state index in [1.807, 2.05) is 0 Å². The number of nitrogens with one attached hydrogen (secondary N) is 1. The molecular weight excluding hydrogens is 236 g/mol. The Morgan fingerprint density at radius 3 is 2.28 bits per heavy atom. The lowest BCUT2D eigenvalue weighted by atomic mass is 9.71. The summed E-state index contributed by atoms with van der Waals surface area (Å²) in [4.78, 5) is 30.7. The zero-order chi connectivity index (χ0) is 14.0. The van der Waals surface area contributed by atoms with Crippen LogP contribution >= 0.6 is 0 Å². The van der Waals surface area contributed by atoms with Crippen molar-refractivity contribution in [2.24, 2.45) is 11.1 Å². The van der Waals surface area contributed by atoms with Crippen molar-refractivity contribution < 1.29 is 14.7 Å². The molecule has 0 aliphatic heterocycles. The van der Waals surface area contributed by atoms with E-state index >= 15 is 0 Å². The summed E-state index contributed by atoms with van der Waals surface area (Å²) in [5.74, 6) is -0.821. The van der Waals surface area contributed by atoms with Crippen molar-refractivity contribution in [3.05, 3.63) is 24.3 Å². The molecule has 0 aromatic carbocycles. The van der Waals surface area contributed by atoms with Crippen LogP contribution in [0.25, 0.3) is 0 Å². The van der Waals surface area contributed by atoms with Gasteiger partial charge in [0.05, 0.1) is 11.9 Å². The number of primary amides is 1. The van der Waals surface area contributed by atoms with Crippen LogP contribution < -0.4 is 11.1 Å². The molecule has 1 unspecified atom stereocenters. The van der Waals surface area contributed by atoms with Crippen LogP contribution in [0.5, 0.6) is 0 Å². The molecule has 0 aliphatic carbocycles. The third kappa shape index (κ3) is 2.24. The first kappa shape index (κ1) is 13.9. The molecule has 1 heterocycles. The maximum Gasteiger partial charge on any atom is 0.405 e. The fourth-order valence-corrected chi connectivity index (χ4v) is 1.85. The largest absolute Gasteiger partial charge is 0.465 e. The number of carboxylic acid groups (broad SMARTS) is 1. The van der Waals surface area contributed by atoms with Crippen LogP contribution in [-0.4, -0.2) is 27.1 Å². The molecule has 0 aliphatic rings. The van der Waals surface area contributed by atoms with Gasteiger partial charge in [0.2, 0.25) is 5.91 Å². The number of hydrogen-bond donors (Lipinski definition) is 3. The molecule has 2 amide bonds. The van der Waals surface area contributed by atoms with Gasteiger partial charge in [-0.1, -0.05) is 20.8 Å². The van der Waals surface area contributed by atoms with Crippen molar-refractivity contribution in [2.75, 3.05) is 0 Å². The fraction of sp³-hybridized carbons (Fsp3) is 0.455. The molecule has 18 heavy (non-hydrogen) atoms. The molecule has 7 heteroatoms. The minimum Gasteiger partial charge on any atom is -0.465 e. The van der Waals surface area contributed by atoms with Gasteiger partial charge in [-0.25, -0.2) is 4.79 Å². The monoisotopic (exact) mass is 252 g/mol. The predicted molar refractivity (Wildman–Crippen MR) is 63.5 cm³/mol. The van der Waals surface area contributed by atoms with Gasteiger partial charge in [-0.2, -0.15) is 0 Å². The average Bonchev–Trinajstić information content (AvgIpc) is 2.24. The Morgan fingerprint density at radius 1 is 1.33 bits per heavy atom. The van der Waals surface area contributed by atoms with Gasteiger partial charge in [-0.05, 0) is 0 Å². The molecule has 1 atom stereocenters. The number of carbonyl (C=O) groups excluding carboxylic acids is 1. The maximum atomic E-state index is 11.8. The Bertz CT molecular complexity index is 455. The summed E-state index contributed by atoms with van der Waals surface area (Å²) in [5.41, 5.74) is 3.15. The molecule has 0 bridgehead atoms. The van der Waals surface area contributed by atoms with E-state index in [1.165, 1.54) is 18.6 Å². The number of rotatable bonds is 3. The predicted octanol–water partition coefficient (Wildman–Crippen LogP) is 0.471. The van der Waals surface area contributed by atoms with Crippen LogP contribution in [0.1, 0.15) is 26.5 Å². The van der Waals surface area contributed by atoms with Gasteiger partial charge in [0, 0.05) is 17.8 Å². The highest BCUT2D eigenvalue weighted by Gasteiger charge is 2.51. The third-order valence-corrected chi connectivity index (χ3v) is 2.74. The molecular formula is C11H16N4O3. The van der Waals surface area contributed by atoms with E-state index in [0.717, 1.165) is 0 Å². The highest BCUT2D eigenvalue weighted by molar-refractivity contribution is 5.90. The van der Waals surface area contributed by atoms with E-state index in [1.54, 1.807) is 20.8 Å². The van der Waals surface area contributed by atoms with Crippen LogP contribution in [0.15, 0.2) is 18.6 Å². The summed E-state index contributed by atoms with van der Waals surface area (Å²) in [5, 5.41) is 11.1. The molecule has 0 saturated heterocycles. The van der Waals surface area contributed by atoms with E-state index in [-0.39, 0.29) is 5.69 Å². The summed E-state index contributed by atoms with van der Waals surface area (Å²) in [6.07, 6.45) is 2.78. The van der Waals surface area contributed by atoms with E-state index in [4.69, 9.17) is 10.8 Å². The van der Waals surface area contributed by atoms with Gasteiger partial charge < -0.3 is 16.2 Å². The molecule has 0 spiro atoms. The van der Waals surface area contributed by atoms with Gasteiger partial charge in [0.15, 0.2) is 5.54 Å². The molecule has 1 aromatic rings. The third-order valence-electron chi connectivity index (χ3n) is 2.74. The number of carbonyl (C=O) groups is 2. The Morgan fingerprint density at radius 2 is 1.94 bits per heavy atom. The van der Waals surface area contributed by atoms with Crippen LogP contribution in [-0.2, 0) is 10.3 Å². The van der Waals surface area contributed by atoms with Crippen molar-refractivity contribution in [1.29, 1.82) is 0 Å². The van der Waals surface area contributed by atoms with E-state index in [2.05, 4.69) is 15.3 Å². The summed E-state index contributed by atoms with van der Waals surface area (Å²) >= 11 is 0. The smallest absolute Gasteiger partial charge is 0.405 e. The lowest BCUT2D eigenvalue weighted by Crippen LogP contribution is -2.62. The highest BCUT2D eigenvalue weighted by atomic mass is 16.4. The number of nitrogens with zero attached hydrogens (tertiary/aromatic N) is 2. The normalized spacial score (nSPS) is 14.6. The number of nitrogens with two attached hydrogens (primary N) is 1. The van der Waals surface area contributed by atoms with E-state index in [0.29, 0.717) is 0 Å². The van der Waals surface area contributed by atoms with Crippen LogP contribution in [0.3, 0.4) is 0 Å². The first-order valence-corrected chi connectivity index (χ1v) is 5.29. The molecule has 4 N–H and O–H groups in total. The highest BCUT2D eigenvalue weighted by Crippen LogP contribution is 2.38. The zero-order valence-corrected chi connectivity index (χ0v) is 10.5. The molecule has 98 valence electrons. The standard InChI is InChI=1S/C11H16N4O3/c1-10(2,3)11(8(12)16,15-9(17)18)7-6-13-4-5-14-7/h4-6,15H,1-3H3,(H2,12,16)(H,17,18). The molecule has 1 aromatic heterocycles. The summed E-state index contributed by atoms with van der Waals surface area (Å²) in [6, 6.07) is 0. The Kier molecular flexibility index (Phi) is 3.54. The second kappa shape index (κ2) is 4.59. The Hall–Kier alpha value is -2.18. The molecule has 1 rings (SSSR count). The maximum absolute atomic E-state index is 11.8. The van der Waals surface area contributed by atoms with Gasteiger partial charge >= 0.3 is 6.09 Å². The van der Waals surface area contributed by atoms with Gasteiger partial charge in [0.25, 0.3) is 0 Å². The molecule has 0 fully saturated rings. The van der Waals surface area contributed by atoms with Gasteiger partial charge in [0.1, 0.15) is 0 Å². The minimum absolute atomic E-state index is 0.174. The van der Waals surface area contributed by atoms with Crippen molar-refractivity contribution >= 4 is 12.0 Å². The van der Waals surface area contributed by atoms with Crippen molar-refractivity contribution in [1.82, 2.24) is 15.3 Å². The first-order chi connectivity index (χ1) is 8.22. The van der Waals surface area contributed by atoms with Gasteiger partial charge in [-0.15, -0.1) is 0 Å². The lowest BCUT2D eigenvalue weighted by molar-refractivity contribution is -0.129. The van der Waals surface area contributed by atoms with Crippen molar-refractivity contribution in [3.63, 3.8) is 0 Å². The zero-order valence-electron chi connectivity index (χ0n) is 10.5. The molecule has 0 radical (unpaired) electrons. The number of amides is 2. The van der Waals surface area contributed by atoms with Crippen LogP contribution in [0.2, 0.25) is 0 Å². The summed E-state index contributed by atoms with van der Waals surface area (Å²) < 4.78 is 0. The Labute approximate surface area is 104 Å². The van der Waals surface area contributed by atoms with Gasteiger partial charge in [-0.3, -0.25) is 14.8 Å². The minimum atomic E-state index is -1.63. The first-order valence-electron chi connectivity index (χ1n) is 5.29. The fourth-order valence-electron chi connectivity index (χ4n) is 1.85. The van der Waals surface area contributed by atoms with Crippen LogP contribution in [0.4, 0.5) is 4.79 Å². The van der Waals surface area contributed by atoms with Crippen molar-refractivity contribution in [2.45, 2.75) is 26.3 Å². The molecule has 7 nitrogen and oxygen atoms in total. The lowest BCUT2D eigenvalue weighted by Gasteiger charge is -2.40. The quantitative estimate of drug-likeness (QED) is 0.722. The van der Waals surface area contributed by atoms with Crippen molar-refractivity contribution in [3.8, 4) is 0 Å². The summed E-state index contributed by atoms with van der Waals surface area (Å²) in [7, 11) is 0. The Balaban J connectivity index is 3.49. The van der Waals surface area contributed by atoms with Crippen LogP contribution in [0, 0.1) is 5.41 Å². The molecule has 0 saturated carbocycles. The van der Waals surface area contributed by atoms with E-state index < -0.39 is 23.0 Å². The average molecular weight is 252 g/mol. The second-order valence-corrected chi connectivity index (χ2v) is 4.89. The number of aromatic nitrogens is 2. The number of hydrogen-bond acceptors (Lipinski definition) is 4.